The molecule has 0 bridgehead atoms. The van der Waals surface area contributed by atoms with Crippen LogP contribution in [0.4, 0.5) is 5.82 Å². The molecule has 0 saturated carbocycles. The van der Waals surface area contributed by atoms with Crippen LogP contribution >= 0.6 is 0 Å². The summed E-state index contributed by atoms with van der Waals surface area (Å²) < 4.78 is 0. The molecule has 1 heterocycles. The molecule has 0 saturated heterocycles. The third-order valence-corrected chi connectivity index (χ3v) is 3.43. The summed E-state index contributed by atoms with van der Waals surface area (Å²) in [6.07, 6.45) is 0. The molecule has 0 amide bonds. The van der Waals surface area contributed by atoms with Crippen molar-refractivity contribution < 1.29 is 5.11 Å². The number of nitrogens with zero attached hydrogens (tertiary/aromatic N) is 2. The van der Waals surface area contributed by atoms with E-state index < -0.39 is 0 Å². The molecule has 0 fully saturated rings. The van der Waals surface area contributed by atoms with E-state index in [1.54, 1.807) is 18.2 Å². The molecular weight excluding hydrogens is 276 g/mol. The standard InChI is InChI=1S/C17H18N4O/c1-11-6-7-14-13(10-11)16(19-9-8-18)21-17(20-14)12-4-2-3-5-15(12)22/h2-7,10,22H,8-9,18H2,1H3,(H,19,20,21). The first-order chi connectivity index (χ1) is 10.7. The molecule has 0 spiro atoms. The number of fused-ring (bicyclic) bond motifs is 1. The van der Waals surface area contributed by atoms with Crippen LogP contribution in [0.2, 0.25) is 0 Å². The highest BCUT2D eigenvalue weighted by atomic mass is 16.3. The molecule has 2 aromatic carbocycles. The Kier molecular flexibility index (Phi) is 3.89. The summed E-state index contributed by atoms with van der Waals surface area (Å²) in [5, 5.41) is 14.2. The third kappa shape index (κ3) is 2.71. The van der Waals surface area contributed by atoms with Crippen molar-refractivity contribution in [2.75, 3.05) is 18.4 Å². The monoisotopic (exact) mass is 294 g/mol. The number of hydrogen-bond acceptors (Lipinski definition) is 5. The number of hydrogen-bond donors (Lipinski definition) is 3. The normalized spacial score (nSPS) is 10.8. The van der Waals surface area contributed by atoms with Crippen molar-refractivity contribution >= 4 is 16.7 Å². The van der Waals surface area contributed by atoms with E-state index in [0.29, 0.717) is 24.5 Å². The smallest absolute Gasteiger partial charge is 0.165 e. The number of aromatic nitrogens is 2. The lowest BCUT2D eigenvalue weighted by molar-refractivity contribution is 0.477. The van der Waals surface area contributed by atoms with E-state index in [9.17, 15) is 5.11 Å². The van der Waals surface area contributed by atoms with Crippen LogP contribution in [0, 0.1) is 6.92 Å². The summed E-state index contributed by atoms with van der Waals surface area (Å²) in [4.78, 5) is 9.15. The van der Waals surface area contributed by atoms with E-state index in [1.807, 2.05) is 31.2 Å². The zero-order valence-corrected chi connectivity index (χ0v) is 12.4. The highest BCUT2D eigenvalue weighted by Crippen LogP contribution is 2.30. The number of aromatic hydroxyl groups is 1. The molecule has 0 atom stereocenters. The average Bonchev–Trinajstić information content (AvgIpc) is 2.53. The number of rotatable bonds is 4. The Morgan fingerprint density at radius 1 is 1.14 bits per heavy atom. The molecule has 1 aromatic heterocycles. The van der Waals surface area contributed by atoms with Gasteiger partial charge in [-0.2, -0.15) is 0 Å². The number of aryl methyl sites for hydroxylation is 1. The van der Waals surface area contributed by atoms with Crippen molar-refractivity contribution in [2.24, 2.45) is 5.73 Å². The summed E-state index contributed by atoms with van der Waals surface area (Å²) in [5.41, 5.74) is 8.16. The zero-order valence-electron chi connectivity index (χ0n) is 12.4. The molecule has 0 aliphatic rings. The van der Waals surface area contributed by atoms with E-state index in [-0.39, 0.29) is 5.75 Å². The van der Waals surface area contributed by atoms with Crippen LogP contribution in [0.5, 0.6) is 5.75 Å². The number of nitrogens with two attached hydrogens (primary N) is 1. The second kappa shape index (κ2) is 5.99. The van der Waals surface area contributed by atoms with E-state index in [1.165, 1.54) is 0 Å². The van der Waals surface area contributed by atoms with Crippen LogP contribution < -0.4 is 11.1 Å². The van der Waals surface area contributed by atoms with Crippen LogP contribution in [0.15, 0.2) is 42.5 Å². The topological polar surface area (TPSA) is 84.1 Å². The molecule has 5 heteroatoms. The van der Waals surface area contributed by atoms with Gasteiger partial charge in [-0.05, 0) is 31.2 Å². The lowest BCUT2D eigenvalue weighted by Crippen LogP contribution is -2.14. The Balaban J connectivity index is 2.20. The summed E-state index contributed by atoms with van der Waals surface area (Å²) in [7, 11) is 0. The zero-order chi connectivity index (χ0) is 15.5. The summed E-state index contributed by atoms with van der Waals surface area (Å²) >= 11 is 0. The van der Waals surface area contributed by atoms with Gasteiger partial charge in [0, 0.05) is 18.5 Å². The van der Waals surface area contributed by atoms with Crippen LogP contribution in [0.3, 0.4) is 0 Å². The largest absolute Gasteiger partial charge is 0.507 e. The number of phenolic OH excluding ortho intramolecular Hbond substituents is 1. The van der Waals surface area contributed by atoms with Crippen molar-refractivity contribution in [1.82, 2.24) is 9.97 Å². The Hall–Kier alpha value is -2.66. The maximum atomic E-state index is 10.0. The minimum absolute atomic E-state index is 0.165. The summed E-state index contributed by atoms with van der Waals surface area (Å²) in [5.74, 6) is 1.39. The molecule has 0 unspecified atom stereocenters. The fourth-order valence-electron chi connectivity index (χ4n) is 2.35. The van der Waals surface area contributed by atoms with Gasteiger partial charge in [-0.25, -0.2) is 9.97 Å². The van der Waals surface area contributed by atoms with Crippen LogP contribution in [0.1, 0.15) is 5.56 Å². The Labute approximate surface area is 128 Å². The van der Waals surface area contributed by atoms with Gasteiger partial charge >= 0.3 is 0 Å². The molecule has 22 heavy (non-hydrogen) atoms. The predicted molar refractivity (Wildman–Crippen MR) is 88.9 cm³/mol. The minimum Gasteiger partial charge on any atom is -0.507 e. The quantitative estimate of drug-likeness (QED) is 0.689. The first kappa shape index (κ1) is 14.3. The van der Waals surface area contributed by atoms with Crippen molar-refractivity contribution in [1.29, 1.82) is 0 Å². The van der Waals surface area contributed by atoms with Gasteiger partial charge in [0.25, 0.3) is 0 Å². The number of anilines is 1. The maximum Gasteiger partial charge on any atom is 0.165 e. The van der Waals surface area contributed by atoms with Gasteiger partial charge < -0.3 is 16.2 Å². The van der Waals surface area contributed by atoms with Gasteiger partial charge in [-0.3, -0.25) is 0 Å². The molecule has 5 nitrogen and oxygen atoms in total. The van der Waals surface area contributed by atoms with Gasteiger partial charge in [0.15, 0.2) is 5.82 Å². The fraction of sp³-hybridized carbons (Fsp3) is 0.176. The minimum atomic E-state index is 0.165. The van der Waals surface area contributed by atoms with Gasteiger partial charge in [-0.15, -0.1) is 0 Å². The molecular formula is C17H18N4O. The number of para-hydroxylation sites is 1. The van der Waals surface area contributed by atoms with E-state index >= 15 is 0 Å². The lowest BCUT2D eigenvalue weighted by atomic mass is 10.1. The molecule has 0 aliphatic heterocycles. The Morgan fingerprint density at radius 3 is 2.73 bits per heavy atom. The second-order valence-corrected chi connectivity index (χ2v) is 5.15. The highest BCUT2D eigenvalue weighted by molar-refractivity contribution is 5.91. The Bertz CT molecular complexity index is 817. The fourth-order valence-corrected chi connectivity index (χ4v) is 2.35. The van der Waals surface area contributed by atoms with Gasteiger partial charge in [0.1, 0.15) is 11.6 Å². The molecule has 3 rings (SSSR count). The van der Waals surface area contributed by atoms with Crippen molar-refractivity contribution in [3.8, 4) is 17.1 Å². The number of phenols is 1. The number of nitrogens with one attached hydrogen (secondary N) is 1. The van der Waals surface area contributed by atoms with E-state index in [0.717, 1.165) is 22.3 Å². The summed E-state index contributed by atoms with van der Waals surface area (Å²) in [6.45, 7) is 3.17. The second-order valence-electron chi connectivity index (χ2n) is 5.15. The predicted octanol–water partition coefficient (Wildman–Crippen LogP) is 2.68. The van der Waals surface area contributed by atoms with E-state index in [4.69, 9.17) is 5.73 Å². The molecule has 3 aromatic rings. The third-order valence-electron chi connectivity index (χ3n) is 3.43. The van der Waals surface area contributed by atoms with Crippen LogP contribution in [0.25, 0.3) is 22.3 Å². The Morgan fingerprint density at radius 2 is 1.95 bits per heavy atom. The lowest BCUT2D eigenvalue weighted by Gasteiger charge is -2.11. The van der Waals surface area contributed by atoms with E-state index in [2.05, 4.69) is 15.3 Å². The summed E-state index contributed by atoms with van der Waals surface area (Å²) in [6, 6.07) is 13.1. The first-order valence-electron chi connectivity index (χ1n) is 7.20. The van der Waals surface area contributed by atoms with Gasteiger partial charge in [-0.1, -0.05) is 23.8 Å². The molecule has 0 aliphatic carbocycles. The SMILES string of the molecule is Cc1ccc2nc(-c3ccccc3O)nc(NCCN)c2c1. The van der Waals surface area contributed by atoms with Gasteiger partial charge in [0.2, 0.25) is 0 Å². The molecule has 112 valence electrons. The van der Waals surface area contributed by atoms with Crippen LogP contribution in [-0.2, 0) is 0 Å². The molecule has 4 N–H and O–H groups in total. The van der Waals surface area contributed by atoms with Crippen molar-refractivity contribution in [3.63, 3.8) is 0 Å². The highest BCUT2D eigenvalue weighted by Gasteiger charge is 2.12. The molecule has 0 radical (unpaired) electrons. The van der Waals surface area contributed by atoms with Gasteiger partial charge in [0.05, 0.1) is 11.1 Å². The van der Waals surface area contributed by atoms with Crippen molar-refractivity contribution in [3.05, 3.63) is 48.0 Å². The van der Waals surface area contributed by atoms with Crippen molar-refractivity contribution in [2.45, 2.75) is 6.92 Å². The average molecular weight is 294 g/mol. The van der Waals surface area contributed by atoms with Crippen LogP contribution in [-0.4, -0.2) is 28.2 Å². The maximum absolute atomic E-state index is 10.0. The first-order valence-corrected chi connectivity index (χ1v) is 7.20. The number of benzene rings is 2.